The fraction of sp³-hybridized carbons (Fsp3) is 0.300. The maximum Gasteiger partial charge on any atom is 0.416 e. The fourth-order valence-electron chi connectivity index (χ4n) is 2.67. The highest BCUT2D eigenvalue weighted by Gasteiger charge is 2.31. The first-order valence-electron chi connectivity index (χ1n) is 8.45. The number of rotatable bonds is 6. The number of hydrogen-bond acceptors (Lipinski definition) is 2. The molecule has 0 aromatic heterocycles. The van der Waals surface area contributed by atoms with E-state index in [9.17, 15) is 22.8 Å². The molecule has 0 aliphatic heterocycles. The van der Waals surface area contributed by atoms with E-state index in [1.165, 1.54) is 24.0 Å². The predicted octanol–water partition coefficient (Wildman–Crippen LogP) is 3.73. The molecule has 0 fully saturated rings. The molecule has 0 radical (unpaired) electrons. The Morgan fingerprint density at radius 1 is 1.07 bits per heavy atom. The first-order valence-corrected chi connectivity index (χ1v) is 8.45. The van der Waals surface area contributed by atoms with E-state index in [2.05, 4.69) is 5.32 Å². The van der Waals surface area contributed by atoms with Gasteiger partial charge in [0.2, 0.25) is 11.8 Å². The van der Waals surface area contributed by atoms with Crippen molar-refractivity contribution in [1.82, 2.24) is 5.32 Å². The summed E-state index contributed by atoms with van der Waals surface area (Å²) in [6.45, 7) is 3.40. The highest BCUT2D eigenvalue weighted by Crippen LogP contribution is 2.31. The van der Waals surface area contributed by atoms with Crippen LogP contribution < -0.4 is 10.2 Å². The van der Waals surface area contributed by atoms with Gasteiger partial charge in [0, 0.05) is 25.7 Å². The molecule has 2 aromatic carbocycles. The Balaban J connectivity index is 1.98. The Kier molecular flexibility index (Phi) is 6.60. The largest absolute Gasteiger partial charge is 0.416 e. The zero-order valence-electron chi connectivity index (χ0n) is 15.1. The second kappa shape index (κ2) is 8.70. The van der Waals surface area contributed by atoms with E-state index < -0.39 is 17.6 Å². The van der Waals surface area contributed by atoms with E-state index >= 15 is 0 Å². The number of hydrogen-bond donors (Lipinski definition) is 1. The van der Waals surface area contributed by atoms with E-state index in [4.69, 9.17) is 0 Å². The van der Waals surface area contributed by atoms with E-state index in [-0.39, 0.29) is 31.1 Å². The summed E-state index contributed by atoms with van der Waals surface area (Å²) >= 11 is 0. The van der Waals surface area contributed by atoms with Crippen LogP contribution in [0.15, 0.2) is 48.5 Å². The van der Waals surface area contributed by atoms with Gasteiger partial charge >= 0.3 is 6.18 Å². The van der Waals surface area contributed by atoms with E-state index in [1.54, 1.807) is 0 Å². The zero-order valence-corrected chi connectivity index (χ0v) is 15.1. The normalized spacial score (nSPS) is 11.1. The highest BCUT2D eigenvalue weighted by atomic mass is 19.4. The van der Waals surface area contributed by atoms with Gasteiger partial charge in [0.25, 0.3) is 0 Å². The molecular weight excluding hydrogens is 357 g/mol. The lowest BCUT2D eigenvalue weighted by Crippen LogP contribution is -2.38. The van der Waals surface area contributed by atoms with Crippen molar-refractivity contribution in [3.05, 3.63) is 65.2 Å². The van der Waals surface area contributed by atoms with Crippen molar-refractivity contribution < 1.29 is 22.8 Å². The second-order valence-electron chi connectivity index (χ2n) is 6.17. The Bertz CT molecular complexity index is 819. The molecule has 0 atom stereocenters. The molecule has 27 heavy (non-hydrogen) atoms. The van der Waals surface area contributed by atoms with Crippen LogP contribution in [0.5, 0.6) is 0 Å². The summed E-state index contributed by atoms with van der Waals surface area (Å²) in [7, 11) is 0. The summed E-state index contributed by atoms with van der Waals surface area (Å²) in [5.41, 5.74) is 1.22. The number of nitrogens with zero attached hydrogens (tertiary/aromatic N) is 1. The molecule has 0 spiro atoms. The molecule has 0 saturated carbocycles. The molecule has 2 aromatic rings. The average Bonchev–Trinajstić information content (AvgIpc) is 2.60. The summed E-state index contributed by atoms with van der Waals surface area (Å²) in [5.74, 6) is -0.612. The van der Waals surface area contributed by atoms with Gasteiger partial charge in [-0.3, -0.25) is 9.59 Å². The first kappa shape index (κ1) is 20.5. The third-order valence-electron chi connectivity index (χ3n) is 4.14. The van der Waals surface area contributed by atoms with Crippen LogP contribution in [-0.4, -0.2) is 24.9 Å². The Hall–Kier alpha value is -2.83. The minimum Gasteiger partial charge on any atom is -0.354 e. The summed E-state index contributed by atoms with van der Waals surface area (Å²) in [6, 6.07) is 12.1. The van der Waals surface area contributed by atoms with Crippen molar-refractivity contribution in [1.29, 1.82) is 0 Å². The quantitative estimate of drug-likeness (QED) is 0.833. The van der Waals surface area contributed by atoms with Crippen LogP contribution in [0.25, 0.3) is 0 Å². The van der Waals surface area contributed by atoms with Crippen LogP contribution in [0.2, 0.25) is 0 Å². The van der Waals surface area contributed by atoms with Crippen molar-refractivity contribution in [3.8, 4) is 0 Å². The van der Waals surface area contributed by atoms with E-state index in [0.29, 0.717) is 0 Å². The third kappa shape index (κ3) is 5.84. The maximum atomic E-state index is 12.9. The minimum atomic E-state index is -4.49. The molecule has 0 unspecified atom stereocenters. The monoisotopic (exact) mass is 378 g/mol. The highest BCUT2D eigenvalue weighted by molar-refractivity contribution is 5.91. The smallest absolute Gasteiger partial charge is 0.354 e. The SMILES string of the molecule is CC(=O)N(CCNC(=O)Cc1ccccc1C)c1cccc(C(F)(F)F)c1. The number of benzene rings is 2. The number of anilines is 1. The van der Waals surface area contributed by atoms with Crippen molar-refractivity contribution in [2.24, 2.45) is 0 Å². The molecule has 144 valence electrons. The van der Waals surface area contributed by atoms with Gasteiger partial charge in [0.15, 0.2) is 0 Å². The minimum absolute atomic E-state index is 0.0795. The lowest BCUT2D eigenvalue weighted by Gasteiger charge is -2.22. The van der Waals surface area contributed by atoms with Crippen molar-refractivity contribution in [3.63, 3.8) is 0 Å². The Morgan fingerprint density at radius 2 is 1.78 bits per heavy atom. The molecule has 0 saturated heterocycles. The fourth-order valence-corrected chi connectivity index (χ4v) is 2.67. The molecule has 0 bridgehead atoms. The van der Waals surface area contributed by atoms with Gasteiger partial charge in [0.1, 0.15) is 0 Å². The summed E-state index contributed by atoms with van der Waals surface area (Å²) < 4.78 is 38.6. The number of alkyl halides is 3. The van der Waals surface area contributed by atoms with Crippen LogP contribution in [0.3, 0.4) is 0 Å². The van der Waals surface area contributed by atoms with Crippen LogP contribution in [0.4, 0.5) is 18.9 Å². The molecule has 2 rings (SSSR count). The molecule has 1 N–H and O–H groups in total. The second-order valence-corrected chi connectivity index (χ2v) is 6.17. The molecule has 0 aliphatic rings. The van der Waals surface area contributed by atoms with Gasteiger partial charge in [0.05, 0.1) is 12.0 Å². The lowest BCUT2D eigenvalue weighted by atomic mass is 10.1. The van der Waals surface area contributed by atoms with Gasteiger partial charge in [-0.05, 0) is 36.2 Å². The van der Waals surface area contributed by atoms with Crippen molar-refractivity contribution in [2.45, 2.75) is 26.4 Å². The lowest BCUT2D eigenvalue weighted by molar-refractivity contribution is -0.137. The first-order chi connectivity index (χ1) is 12.7. The number of carbonyl (C=O) groups excluding carboxylic acids is 2. The van der Waals surface area contributed by atoms with Gasteiger partial charge in [-0.2, -0.15) is 13.2 Å². The summed E-state index contributed by atoms with van der Waals surface area (Å²) in [5, 5.41) is 2.70. The van der Waals surface area contributed by atoms with Crippen LogP contribution in [0.1, 0.15) is 23.6 Å². The van der Waals surface area contributed by atoms with E-state index in [0.717, 1.165) is 23.3 Å². The Morgan fingerprint density at radius 3 is 2.41 bits per heavy atom. The Labute approximate surface area is 156 Å². The summed E-state index contributed by atoms with van der Waals surface area (Å²) in [6.07, 6.45) is -4.28. The standard InChI is InChI=1S/C20H21F3N2O2/c1-14-6-3-4-7-16(14)12-19(27)24-10-11-25(15(2)26)18-9-5-8-17(13-18)20(21,22)23/h3-9,13H,10-12H2,1-2H3,(H,24,27). The molecule has 4 nitrogen and oxygen atoms in total. The van der Waals surface area contributed by atoms with Crippen LogP contribution in [-0.2, 0) is 22.2 Å². The van der Waals surface area contributed by atoms with E-state index in [1.807, 2.05) is 31.2 Å². The summed E-state index contributed by atoms with van der Waals surface area (Å²) in [4.78, 5) is 25.1. The number of halogens is 3. The van der Waals surface area contributed by atoms with Crippen LogP contribution >= 0.6 is 0 Å². The molecule has 0 heterocycles. The van der Waals surface area contributed by atoms with Crippen molar-refractivity contribution in [2.75, 3.05) is 18.0 Å². The van der Waals surface area contributed by atoms with Gasteiger partial charge in [-0.15, -0.1) is 0 Å². The average molecular weight is 378 g/mol. The number of carbonyl (C=O) groups is 2. The molecule has 2 amide bonds. The van der Waals surface area contributed by atoms with Crippen LogP contribution in [0, 0.1) is 6.92 Å². The van der Waals surface area contributed by atoms with Gasteiger partial charge in [-0.25, -0.2) is 0 Å². The zero-order chi connectivity index (χ0) is 20.0. The molecule has 0 aliphatic carbocycles. The third-order valence-corrected chi connectivity index (χ3v) is 4.14. The van der Waals surface area contributed by atoms with Crippen molar-refractivity contribution >= 4 is 17.5 Å². The van der Waals surface area contributed by atoms with Gasteiger partial charge < -0.3 is 10.2 Å². The topological polar surface area (TPSA) is 49.4 Å². The predicted molar refractivity (Wildman–Crippen MR) is 97.4 cm³/mol. The van der Waals surface area contributed by atoms with Gasteiger partial charge in [-0.1, -0.05) is 30.3 Å². The number of aryl methyl sites for hydroxylation is 1. The maximum absolute atomic E-state index is 12.9. The number of amides is 2. The molecular formula is C20H21F3N2O2. The number of nitrogens with one attached hydrogen (secondary N) is 1. The molecule has 7 heteroatoms.